The van der Waals surface area contributed by atoms with Crippen LogP contribution in [0.1, 0.15) is 65.2 Å². The van der Waals surface area contributed by atoms with Crippen molar-refractivity contribution >= 4 is 0 Å². The van der Waals surface area contributed by atoms with Crippen LogP contribution in [-0.4, -0.2) is 25.8 Å². The van der Waals surface area contributed by atoms with Gasteiger partial charge in [-0.1, -0.05) is 33.1 Å². The van der Waals surface area contributed by atoms with E-state index in [2.05, 4.69) is 19.2 Å². The number of unbranched alkanes of at least 4 members (excludes halogenated alkanes) is 1. The highest BCUT2D eigenvalue weighted by Crippen LogP contribution is 2.14. The van der Waals surface area contributed by atoms with Crippen LogP contribution in [0.3, 0.4) is 0 Å². The van der Waals surface area contributed by atoms with Crippen molar-refractivity contribution < 1.29 is 4.74 Å². The first kappa shape index (κ1) is 15.0. The van der Waals surface area contributed by atoms with Gasteiger partial charge in [0, 0.05) is 19.3 Å². The van der Waals surface area contributed by atoms with Gasteiger partial charge in [0.25, 0.3) is 0 Å². The molecule has 2 unspecified atom stereocenters. The predicted molar refractivity (Wildman–Crippen MR) is 74.4 cm³/mol. The molecule has 0 amide bonds. The molecule has 1 heterocycles. The SMILES string of the molecule is CCCCC(CC)COCCCC1CCCN1. The average molecular weight is 241 g/mol. The van der Waals surface area contributed by atoms with Crippen LogP contribution in [0.15, 0.2) is 0 Å². The van der Waals surface area contributed by atoms with Gasteiger partial charge in [-0.3, -0.25) is 0 Å². The number of nitrogens with one attached hydrogen (secondary N) is 1. The summed E-state index contributed by atoms with van der Waals surface area (Å²) in [5, 5.41) is 3.54. The monoisotopic (exact) mass is 241 g/mol. The second kappa shape index (κ2) is 9.90. The van der Waals surface area contributed by atoms with Crippen molar-refractivity contribution in [2.45, 2.75) is 71.3 Å². The fraction of sp³-hybridized carbons (Fsp3) is 1.00. The molecule has 1 fully saturated rings. The van der Waals surface area contributed by atoms with Crippen molar-refractivity contribution in [3.8, 4) is 0 Å². The van der Waals surface area contributed by atoms with Crippen LogP contribution in [-0.2, 0) is 4.74 Å². The van der Waals surface area contributed by atoms with Crippen LogP contribution in [0.25, 0.3) is 0 Å². The van der Waals surface area contributed by atoms with E-state index in [4.69, 9.17) is 4.74 Å². The fourth-order valence-electron chi connectivity index (χ4n) is 2.58. The lowest BCUT2D eigenvalue weighted by atomic mass is 10.0. The fourth-order valence-corrected chi connectivity index (χ4v) is 2.58. The molecule has 1 aliphatic rings. The highest BCUT2D eigenvalue weighted by molar-refractivity contribution is 4.73. The Labute approximate surface area is 108 Å². The third kappa shape index (κ3) is 7.05. The zero-order valence-electron chi connectivity index (χ0n) is 11.8. The standard InChI is InChI=1S/C15H31NO/c1-3-5-8-14(4-2)13-17-12-7-10-15-9-6-11-16-15/h14-16H,3-13H2,1-2H3. The van der Waals surface area contributed by atoms with E-state index >= 15 is 0 Å². The minimum absolute atomic E-state index is 0.778. The van der Waals surface area contributed by atoms with Gasteiger partial charge < -0.3 is 10.1 Å². The Morgan fingerprint density at radius 3 is 2.82 bits per heavy atom. The van der Waals surface area contributed by atoms with E-state index in [1.54, 1.807) is 0 Å². The van der Waals surface area contributed by atoms with Crippen molar-refractivity contribution in [3.05, 3.63) is 0 Å². The van der Waals surface area contributed by atoms with Gasteiger partial charge in [0.15, 0.2) is 0 Å². The predicted octanol–water partition coefficient (Wildman–Crippen LogP) is 3.75. The maximum Gasteiger partial charge on any atom is 0.0494 e. The van der Waals surface area contributed by atoms with Gasteiger partial charge in [0.2, 0.25) is 0 Å². The molecule has 0 aliphatic carbocycles. The number of ether oxygens (including phenoxy) is 1. The summed E-state index contributed by atoms with van der Waals surface area (Å²) >= 11 is 0. The molecule has 1 aliphatic heterocycles. The van der Waals surface area contributed by atoms with Gasteiger partial charge in [-0.05, 0) is 44.6 Å². The van der Waals surface area contributed by atoms with Gasteiger partial charge in [0.05, 0.1) is 0 Å². The Balaban J connectivity index is 1.90. The van der Waals surface area contributed by atoms with Crippen LogP contribution in [0.5, 0.6) is 0 Å². The molecule has 0 aromatic heterocycles. The van der Waals surface area contributed by atoms with Crippen molar-refractivity contribution in [1.29, 1.82) is 0 Å². The minimum atomic E-state index is 0.778. The molecule has 102 valence electrons. The molecule has 0 saturated carbocycles. The molecule has 17 heavy (non-hydrogen) atoms. The summed E-state index contributed by atoms with van der Waals surface area (Å²) in [5.74, 6) is 0.791. The Hall–Kier alpha value is -0.0800. The van der Waals surface area contributed by atoms with Crippen molar-refractivity contribution in [3.63, 3.8) is 0 Å². The molecule has 0 aromatic carbocycles. The Morgan fingerprint density at radius 1 is 1.29 bits per heavy atom. The van der Waals surface area contributed by atoms with E-state index in [1.165, 1.54) is 57.9 Å². The van der Waals surface area contributed by atoms with Crippen LogP contribution in [0.2, 0.25) is 0 Å². The summed E-state index contributed by atoms with van der Waals surface area (Å²) in [6.45, 7) is 7.71. The highest BCUT2D eigenvalue weighted by Gasteiger charge is 2.13. The van der Waals surface area contributed by atoms with Crippen LogP contribution in [0.4, 0.5) is 0 Å². The maximum atomic E-state index is 5.82. The molecule has 2 atom stereocenters. The number of hydrogen-bond donors (Lipinski definition) is 1. The zero-order valence-corrected chi connectivity index (χ0v) is 11.8. The number of rotatable bonds is 10. The molecule has 1 N–H and O–H groups in total. The van der Waals surface area contributed by atoms with Gasteiger partial charge >= 0.3 is 0 Å². The van der Waals surface area contributed by atoms with Crippen LogP contribution >= 0.6 is 0 Å². The van der Waals surface area contributed by atoms with E-state index in [1.807, 2.05) is 0 Å². The lowest BCUT2D eigenvalue weighted by molar-refractivity contribution is 0.0899. The van der Waals surface area contributed by atoms with E-state index in [-0.39, 0.29) is 0 Å². The molecule has 1 saturated heterocycles. The van der Waals surface area contributed by atoms with E-state index in [9.17, 15) is 0 Å². The van der Waals surface area contributed by atoms with Crippen LogP contribution < -0.4 is 5.32 Å². The lowest BCUT2D eigenvalue weighted by Gasteiger charge is -2.15. The van der Waals surface area contributed by atoms with Crippen molar-refractivity contribution in [2.75, 3.05) is 19.8 Å². The number of hydrogen-bond acceptors (Lipinski definition) is 2. The molecular weight excluding hydrogens is 210 g/mol. The highest BCUT2D eigenvalue weighted by atomic mass is 16.5. The third-order valence-corrected chi connectivity index (χ3v) is 3.90. The second-order valence-electron chi connectivity index (χ2n) is 5.43. The summed E-state index contributed by atoms with van der Waals surface area (Å²) in [6, 6.07) is 0.778. The third-order valence-electron chi connectivity index (χ3n) is 3.90. The summed E-state index contributed by atoms with van der Waals surface area (Å²) in [5.41, 5.74) is 0. The molecule has 0 aromatic rings. The van der Waals surface area contributed by atoms with E-state index in [0.29, 0.717) is 0 Å². The summed E-state index contributed by atoms with van der Waals surface area (Å²) in [7, 11) is 0. The normalized spacial score (nSPS) is 21.9. The molecule has 0 spiro atoms. The first-order chi connectivity index (χ1) is 8.36. The van der Waals surface area contributed by atoms with Gasteiger partial charge in [-0.15, -0.1) is 0 Å². The van der Waals surface area contributed by atoms with Gasteiger partial charge in [-0.2, -0.15) is 0 Å². The average Bonchev–Trinajstić information content (AvgIpc) is 2.85. The molecule has 0 bridgehead atoms. The first-order valence-electron chi connectivity index (χ1n) is 7.68. The zero-order chi connectivity index (χ0) is 12.3. The van der Waals surface area contributed by atoms with E-state index < -0.39 is 0 Å². The van der Waals surface area contributed by atoms with Crippen LogP contribution in [0, 0.1) is 5.92 Å². The molecule has 0 radical (unpaired) electrons. The lowest BCUT2D eigenvalue weighted by Crippen LogP contribution is -2.21. The maximum absolute atomic E-state index is 5.82. The smallest absolute Gasteiger partial charge is 0.0494 e. The molecule has 1 rings (SSSR count). The second-order valence-corrected chi connectivity index (χ2v) is 5.43. The minimum Gasteiger partial charge on any atom is -0.381 e. The Bertz CT molecular complexity index is 166. The first-order valence-corrected chi connectivity index (χ1v) is 7.68. The topological polar surface area (TPSA) is 21.3 Å². The summed E-state index contributed by atoms with van der Waals surface area (Å²) < 4.78 is 5.82. The van der Waals surface area contributed by atoms with Gasteiger partial charge in [0.1, 0.15) is 0 Å². The Kier molecular flexibility index (Phi) is 8.72. The molecule has 2 nitrogen and oxygen atoms in total. The van der Waals surface area contributed by atoms with E-state index in [0.717, 1.165) is 25.2 Å². The molecular formula is C15H31NO. The quantitative estimate of drug-likeness (QED) is 0.588. The largest absolute Gasteiger partial charge is 0.381 e. The Morgan fingerprint density at radius 2 is 2.18 bits per heavy atom. The molecule has 2 heteroatoms. The van der Waals surface area contributed by atoms with Crippen molar-refractivity contribution in [2.24, 2.45) is 5.92 Å². The summed E-state index contributed by atoms with van der Waals surface area (Å²) in [4.78, 5) is 0. The summed E-state index contributed by atoms with van der Waals surface area (Å²) in [6.07, 6.45) is 10.5. The van der Waals surface area contributed by atoms with Gasteiger partial charge in [-0.25, -0.2) is 0 Å². The van der Waals surface area contributed by atoms with Crippen molar-refractivity contribution in [1.82, 2.24) is 5.32 Å².